The Balaban J connectivity index is 4.55. The molecular formula is C59H88O6. The summed E-state index contributed by atoms with van der Waals surface area (Å²) < 4.78 is 16.6. The van der Waals surface area contributed by atoms with Gasteiger partial charge >= 0.3 is 17.9 Å². The summed E-state index contributed by atoms with van der Waals surface area (Å²) in [6, 6.07) is 0. The molecule has 0 amide bonds. The maximum Gasteiger partial charge on any atom is 0.309 e. The predicted octanol–water partition coefficient (Wildman–Crippen LogP) is 16.6. The Morgan fingerprint density at radius 3 is 0.969 bits per heavy atom. The first-order valence-corrected chi connectivity index (χ1v) is 25.0. The Bertz CT molecular complexity index is 1540. The molecule has 0 aliphatic heterocycles. The molecule has 0 aliphatic rings. The topological polar surface area (TPSA) is 78.9 Å². The lowest BCUT2D eigenvalue weighted by Crippen LogP contribution is -2.30. The van der Waals surface area contributed by atoms with Crippen molar-refractivity contribution in [1.82, 2.24) is 0 Å². The molecule has 1 unspecified atom stereocenters. The highest BCUT2D eigenvalue weighted by Gasteiger charge is 2.19. The molecule has 0 aromatic rings. The van der Waals surface area contributed by atoms with Crippen molar-refractivity contribution in [2.75, 3.05) is 13.2 Å². The minimum atomic E-state index is -0.852. The number of ether oxygens (including phenoxy) is 3. The van der Waals surface area contributed by atoms with Crippen LogP contribution in [0.3, 0.4) is 0 Å². The van der Waals surface area contributed by atoms with Crippen molar-refractivity contribution in [3.63, 3.8) is 0 Å². The highest BCUT2D eigenvalue weighted by Crippen LogP contribution is 2.10. The summed E-state index contributed by atoms with van der Waals surface area (Å²) in [6.45, 7) is 6.10. The van der Waals surface area contributed by atoms with Crippen molar-refractivity contribution < 1.29 is 28.6 Å². The van der Waals surface area contributed by atoms with Gasteiger partial charge in [-0.05, 0) is 122 Å². The normalized spacial score (nSPS) is 13.5. The van der Waals surface area contributed by atoms with Crippen LogP contribution in [0, 0.1) is 0 Å². The van der Waals surface area contributed by atoms with Crippen LogP contribution in [0.2, 0.25) is 0 Å². The molecule has 360 valence electrons. The van der Waals surface area contributed by atoms with Gasteiger partial charge in [0.2, 0.25) is 0 Å². The van der Waals surface area contributed by atoms with Crippen molar-refractivity contribution >= 4 is 17.9 Å². The maximum absolute atomic E-state index is 12.8. The van der Waals surface area contributed by atoms with E-state index in [-0.39, 0.29) is 44.4 Å². The van der Waals surface area contributed by atoms with Crippen LogP contribution < -0.4 is 0 Å². The molecule has 0 bridgehead atoms. The SMILES string of the molecule is CC/C=C\C/C=C\C/C=C\C/C=C\C/C=C\CCCCCC(=O)OCC(COC(=O)C/C=C\C/C=C\C/C=C\CC)OC(=O)CCCCC/C=C\C/C=C\C/C=C\C/C=C\C/C=C\CC. The Morgan fingerprint density at radius 1 is 0.323 bits per heavy atom. The van der Waals surface area contributed by atoms with Crippen molar-refractivity contribution in [2.24, 2.45) is 0 Å². The lowest BCUT2D eigenvalue weighted by molar-refractivity contribution is -0.166. The molecule has 0 N–H and O–H groups in total. The average Bonchev–Trinajstić information content (AvgIpc) is 3.30. The van der Waals surface area contributed by atoms with Crippen LogP contribution in [0.25, 0.3) is 0 Å². The Hall–Kier alpha value is -4.97. The fourth-order valence-electron chi connectivity index (χ4n) is 5.91. The van der Waals surface area contributed by atoms with Gasteiger partial charge < -0.3 is 14.2 Å². The number of esters is 3. The van der Waals surface area contributed by atoms with Gasteiger partial charge in [-0.25, -0.2) is 0 Å². The number of allylic oxidation sites excluding steroid dienone is 25. The van der Waals surface area contributed by atoms with E-state index in [4.69, 9.17) is 14.2 Å². The molecule has 65 heavy (non-hydrogen) atoms. The molecule has 6 heteroatoms. The number of hydrogen-bond donors (Lipinski definition) is 0. The van der Waals surface area contributed by atoms with Crippen LogP contribution in [0.5, 0.6) is 0 Å². The summed E-state index contributed by atoms with van der Waals surface area (Å²) in [5, 5.41) is 0. The maximum atomic E-state index is 12.8. The third-order valence-electron chi connectivity index (χ3n) is 9.54. The van der Waals surface area contributed by atoms with E-state index >= 15 is 0 Å². The summed E-state index contributed by atoms with van der Waals surface area (Å²) in [5.41, 5.74) is 0. The van der Waals surface area contributed by atoms with Crippen molar-refractivity contribution in [2.45, 2.75) is 181 Å². The Kier molecular flexibility index (Phi) is 47.7. The number of unbranched alkanes of at least 4 members (excludes halogenated alkanes) is 6. The van der Waals surface area contributed by atoms with Crippen LogP contribution >= 0.6 is 0 Å². The van der Waals surface area contributed by atoms with E-state index in [0.717, 1.165) is 128 Å². The van der Waals surface area contributed by atoms with Gasteiger partial charge in [-0.1, -0.05) is 192 Å². The molecule has 0 aliphatic carbocycles. The Labute approximate surface area is 397 Å². The Morgan fingerprint density at radius 2 is 0.615 bits per heavy atom. The lowest BCUT2D eigenvalue weighted by Gasteiger charge is -2.18. The highest BCUT2D eigenvalue weighted by atomic mass is 16.6. The molecule has 0 aromatic heterocycles. The molecule has 0 heterocycles. The first kappa shape index (κ1) is 60.0. The highest BCUT2D eigenvalue weighted by molar-refractivity contribution is 5.72. The third kappa shape index (κ3) is 49.9. The second-order valence-electron chi connectivity index (χ2n) is 15.6. The average molecular weight is 893 g/mol. The van der Waals surface area contributed by atoms with Gasteiger partial charge in [-0.3, -0.25) is 14.4 Å². The summed E-state index contributed by atoms with van der Waals surface area (Å²) >= 11 is 0. The number of carbonyl (C=O) groups excluding carboxylic acids is 3. The van der Waals surface area contributed by atoms with Crippen LogP contribution in [0.15, 0.2) is 158 Å². The van der Waals surface area contributed by atoms with Crippen molar-refractivity contribution in [3.05, 3.63) is 158 Å². The minimum absolute atomic E-state index is 0.113. The third-order valence-corrected chi connectivity index (χ3v) is 9.54. The van der Waals surface area contributed by atoms with Crippen LogP contribution in [0.4, 0.5) is 0 Å². The summed E-state index contributed by atoms with van der Waals surface area (Å²) in [4.78, 5) is 37.8. The van der Waals surface area contributed by atoms with Gasteiger partial charge in [0.1, 0.15) is 13.2 Å². The van der Waals surface area contributed by atoms with E-state index in [0.29, 0.717) is 6.42 Å². The van der Waals surface area contributed by atoms with Crippen molar-refractivity contribution in [1.29, 1.82) is 0 Å². The second-order valence-corrected chi connectivity index (χ2v) is 15.6. The van der Waals surface area contributed by atoms with E-state index < -0.39 is 12.1 Å². The van der Waals surface area contributed by atoms with Crippen molar-refractivity contribution in [3.8, 4) is 0 Å². The molecule has 0 rings (SSSR count). The number of hydrogen-bond acceptors (Lipinski definition) is 6. The zero-order chi connectivity index (χ0) is 47.2. The van der Waals surface area contributed by atoms with Gasteiger partial charge in [0.25, 0.3) is 0 Å². The molecule has 6 nitrogen and oxygen atoms in total. The molecule has 0 radical (unpaired) electrons. The molecule has 0 aromatic carbocycles. The monoisotopic (exact) mass is 893 g/mol. The van der Waals surface area contributed by atoms with Gasteiger partial charge in [0.15, 0.2) is 6.10 Å². The minimum Gasteiger partial charge on any atom is -0.462 e. The van der Waals surface area contributed by atoms with Gasteiger partial charge in [-0.2, -0.15) is 0 Å². The number of carbonyl (C=O) groups is 3. The molecular weight excluding hydrogens is 805 g/mol. The van der Waals surface area contributed by atoms with E-state index in [1.165, 1.54) is 0 Å². The van der Waals surface area contributed by atoms with E-state index in [1.807, 2.05) is 6.08 Å². The molecule has 0 fully saturated rings. The molecule has 0 spiro atoms. The first-order chi connectivity index (χ1) is 32.0. The molecule has 0 saturated heterocycles. The summed E-state index contributed by atoms with van der Waals surface area (Å²) in [6.07, 6.45) is 75.5. The zero-order valence-corrected chi connectivity index (χ0v) is 40.9. The van der Waals surface area contributed by atoms with Gasteiger partial charge in [0.05, 0.1) is 6.42 Å². The quantitative estimate of drug-likeness (QED) is 0.0263. The number of rotatable bonds is 42. The van der Waals surface area contributed by atoms with Crippen LogP contribution in [-0.4, -0.2) is 37.2 Å². The predicted molar refractivity (Wildman–Crippen MR) is 278 cm³/mol. The lowest BCUT2D eigenvalue weighted by atomic mass is 10.1. The molecule has 0 saturated carbocycles. The summed E-state index contributed by atoms with van der Waals surface area (Å²) in [5.74, 6) is -1.15. The van der Waals surface area contributed by atoms with Gasteiger partial charge in [-0.15, -0.1) is 0 Å². The fraction of sp³-hybridized carbons (Fsp3) is 0.508. The van der Waals surface area contributed by atoms with E-state index in [9.17, 15) is 14.4 Å². The zero-order valence-electron chi connectivity index (χ0n) is 40.9. The van der Waals surface area contributed by atoms with Gasteiger partial charge in [0, 0.05) is 12.8 Å². The van der Waals surface area contributed by atoms with E-state index in [2.05, 4.69) is 167 Å². The second kappa shape index (κ2) is 51.7. The fourth-order valence-corrected chi connectivity index (χ4v) is 5.91. The first-order valence-electron chi connectivity index (χ1n) is 25.0. The summed E-state index contributed by atoms with van der Waals surface area (Å²) in [7, 11) is 0. The van der Waals surface area contributed by atoms with Crippen LogP contribution in [0.1, 0.15) is 175 Å². The van der Waals surface area contributed by atoms with E-state index in [1.54, 1.807) is 6.08 Å². The van der Waals surface area contributed by atoms with Crippen LogP contribution in [-0.2, 0) is 28.6 Å². The molecule has 1 atom stereocenters. The smallest absolute Gasteiger partial charge is 0.309 e. The largest absolute Gasteiger partial charge is 0.462 e. The standard InChI is InChI=1S/C59H88O6/c1-4-7-10-13-16-19-21-23-25-27-29-31-33-35-37-40-43-46-49-52-58(61)64-55-56(54-63-57(60)51-48-45-42-39-18-15-12-9-6-3)65-59(62)53-50-47-44-41-38-36-34-32-30-28-26-24-22-20-17-14-11-8-5-2/h7-12,16-20,23-26,29-32,35-39,45,48,56H,4-6,13-15,21-22,27-28,33-34,40-44,46-47,49-55H2,1-3H3/b10-7-,11-8-,12-9-,19-16-,20-17-,25-23-,26-24-,31-29-,32-30-,37-35-,38-36-,39-18-,48-45-.